The molecule has 8 heteroatoms. The molecule has 7 nitrogen and oxygen atoms in total. The predicted molar refractivity (Wildman–Crippen MR) is 92.0 cm³/mol. The fourth-order valence-corrected chi connectivity index (χ4v) is 3.27. The summed E-state index contributed by atoms with van der Waals surface area (Å²) in [5.74, 6) is -1.74. The van der Waals surface area contributed by atoms with Gasteiger partial charge in [0.25, 0.3) is 15.9 Å². The van der Waals surface area contributed by atoms with Crippen LogP contribution in [0.1, 0.15) is 29.8 Å². The minimum atomic E-state index is -3.82. The molecule has 134 valence electrons. The number of amides is 1. The first kappa shape index (κ1) is 18.7. The Labute approximate surface area is 146 Å². The molecule has 0 radical (unpaired) electrons. The molecule has 0 fully saturated rings. The van der Waals surface area contributed by atoms with Crippen LogP contribution in [0.5, 0.6) is 0 Å². The smallest absolute Gasteiger partial charge is 0.329 e. The lowest BCUT2D eigenvalue weighted by Crippen LogP contribution is -2.50. The Kier molecular flexibility index (Phi) is 4.76. The van der Waals surface area contributed by atoms with Gasteiger partial charge in [0.15, 0.2) is 0 Å². The molecule has 0 aliphatic rings. The van der Waals surface area contributed by atoms with Crippen molar-refractivity contribution in [2.75, 3.05) is 7.05 Å². The van der Waals surface area contributed by atoms with Crippen LogP contribution in [0.25, 0.3) is 0 Å². The molecule has 1 N–H and O–H groups in total. The van der Waals surface area contributed by atoms with Crippen LogP contribution in [0.15, 0.2) is 47.6 Å². The van der Waals surface area contributed by atoms with Gasteiger partial charge in [-0.15, -0.1) is 0 Å². The Bertz CT molecular complexity index is 911. The van der Waals surface area contributed by atoms with E-state index >= 15 is 0 Å². The Morgan fingerprint density at radius 2 is 1.68 bits per heavy atom. The number of carbonyl (C=O) groups is 2. The van der Waals surface area contributed by atoms with Crippen LogP contribution in [0, 0.1) is 6.92 Å². The van der Waals surface area contributed by atoms with E-state index in [4.69, 9.17) is 0 Å². The number of nitrogens with zero attached hydrogens (tertiary/aromatic N) is 2. The molecule has 0 atom stereocenters. The highest BCUT2D eigenvalue weighted by Gasteiger charge is 2.36. The zero-order valence-electron chi connectivity index (χ0n) is 14.4. The molecule has 0 spiro atoms. The fourth-order valence-electron chi connectivity index (χ4n) is 2.08. The van der Waals surface area contributed by atoms with Gasteiger partial charge in [-0.1, -0.05) is 17.7 Å². The van der Waals surface area contributed by atoms with Crippen molar-refractivity contribution in [1.29, 1.82) is 0 Å². The molecule has 1 heterocycles. The number of aromatic nitrogens is 1. The second kappa shape index (κ2) is 6.36. The lowest BCUT2D eigenvalue weighted by Gasteiger charge is -2.31. The van der Waals surface area contributed by atoms with E-state index in [0.29, 0.717) is 0 Å². The summed E-state index contributed by atoms with van der Waals surface area (Å²) >= 11 is 0. The van der Waals surface area contributed by atoms with Crippen molar-refractivity contribution in [2.24, 2.45) is 0 Å². The monoisotopic (exact) mass is 364 g/mol. The molecule has 0 saturated carbocycles. The van der Waals surface area contributed by atoms with Crippen molar-refractivity contribution < 1.29 is 23.1 Å². The minimum Gasteiger partial charge on any atom is -0.480 e. The molecule has 0 aliphatic heterocycles. The van der Waals surface area contributed by atoms with E-state index in [9.17, 15) is 23.1 Å². The molecule has 2 rings (SSSR count). The lowest BCUT2D eigenvalue weighted by molar-refractivity contribution is -0.147. The van der Waals surface area contributed by atoms with Crippen molar-refractivity contribution in [1.82, 2.24) is 8.87 Å². The lowest BCUT2D eigenvalue weighted by atomic mass is 10.0. The van der Waals surface area contributed by atoms with Gasteiger partial charge in [-0.2, -0.15) is 0 Å². The highest BCUT2D eigenvalue weighted by molar-refractivity contribution is 7.90. The Hall–Kier alpha value is -2.61. The molecule has 0 aliphatic carbocycles. The van der Waals surface area contributed by atoms with Gasteiger partial charge in [0, 0.05) is 19.4 Å². The number of carbonyl (C=O) groups excluding carboxylic acids is 1. The van der Waals surface area contributed by atoms with Gasteiger partial charge in [0.1, 0.15) is 5.54 Å². The van der Waals surface area contributed by atoms with E-state index in [0.717, 1.165) is 14.4 Å². The summed E-state index contributed by atoms with van der Waals surface area (Å²) in [4.78, 5) is 24.9. The molecule has 1 aromatic heterocycles. The third-order valence-corrected chi connectivity index (χ3v) is 5.83. The van der Waals surface area contributed by atoms with Crippen molar-refractivity contribution in [3.8, 4) is 0 Å². The van der Waals surface area contributed by atoms with Crippen LogP contribution in [0.3, 0.4) is 0 Å². The molecule has 2 aromatic rings. The fraction of sp³-hybridized carbons (Fsp3) is 0.294. The zero-order valence-corrected chi connectivity index (χ0v) is 15.2. The summed E-state index contributed by atoms with van der Waals surface area (Å²) in [6, 6.07) is 7.71. The molecule has 1 aromatic carbocycles. The van der Waals surface area contributed by atoms with Crippen LogP contribution in [0.2, 0.25) is 0 Å². The van der Waals surface area contributed by atoms with Gasteiger partial charge in [-0.25, -0.2) is 17.2 Å². The number of likely N-dealkylation sites (N-methyl/N-ethyl adjacent to an activating group) is 1. The average molecular weight is 364 g/mol. The van der Waals surface area contributed by atoms with Gasteiger partial charge in [-0.3, -0.25) is 4.79 Å². The standard InChI is InChI=1S/C17H20N2O5S/c1-12-5-7-14(8-6-12)25(23,24)19-10-9-13(11-19)15(20)18(4)17(2,3)16(21)22/h5-11H,1-4H3,(H,21,22). The minimum absolute atomic E-state index is 0.0903. The van der Waals surface area contributed by atoms with E-state index < -0.39 is 27.4 Å². The van der Waals surface area contributed by atoms with Crippen LogP contribution in [-0.4, -0.2) is 46.9 Å². The first-order valence-electron chi connectivity index (χ1n) is 7.49. The van der Waals surface area contributed by atoms with E-state index in [1.165, 1.54) is 51.5 Å². The van der Waals surface area contributed by atoms with Crippen LogP contribution in [-0.2, 0) is 14.8 Å². The maximum atomic E-state index is 12.6. The predicted octanol–water partition coefficient (Wildman–Crippen LogP) is 1.97. The third-order valence-electron chi connectivity index (χ3n) is 4.18. The highest BCUT2D eigenvalue weighted by Crippen LogP contribution is 2.19. The molecule has 1 amide bonds. The molecule has 0 saturated heterocycles. The Balaban J connectivity index is 2.35. The average Bonchev–Trinajstić information content (AvgIpc) is 3.04. The van der Waals surface area contributed by atoms with Crippen LogP contribution in [0.4, 0.5) is 0 Å². The summed E-state index contributed by atoms with van der Waals surface area (Å²) in [5.41, 5.74) is -0.401. The van der Waals surface area contributed by atoms with Crippen molar-refractivity contribution in [3.05, 3.63) is 53.9 Å². The van der Waals surface area contributed by atoms with E-state index in [1.54, 1.807) is 12.1 Å². The SMILES string of the molecule is Cc1ccc(S(=O)(=O)n2ccc(C(=O)N(C)C(C)(C)C(=O)O)c2)cc1. The molecule has 25 heavy (non-hydrogen) atoms. The normalized spacial score (nSPS) is 12.0. The van der Waals surface area contributed by atoms with E-state index in [2.05, 4.69) is 0 Å². The Morgan fingerprint density at radius 3 is 2.20 bits per heavy atom. The van der Waals surface area contributed by atoms with E-state index in [-0.39, 0.29) is 10.5 Å². The number of hydrogen-bond donors (Lipinski definition) is 1. The third kappa shape index (κ3) is 3.43. The summed E-state index contributed by atoms with van der Waals surface area (Å²) in [5, 5.41) is 9.22. The van der Waals surface area contributed by atoms with Crippen LogP contribution < -0.4 is 0 Å². The summed E-state index contributed by atoms with van der Waals surface area (Å²) in [7, 11) is -2.45. The first-order valence-corrected chi connectivity index (χ1v) is 8.93. The Morgan fingerprint density at radius 1 is 1.12 bits per heavy atom. The quantitative estimate of drug-likeness (QED) is 0.875. The van der Waals surface area contributed by atoms with Crippen LogP contribution >= 0.6 is 0 Å². The topological polar surface area (TPSA) is 96.7 Å². The summed E-state index contributed by atoms with van der Waals surface area (Å²) < 4.78 is 26.2. The number of benzene rings is 1. The summed E-state index contributed by atoms with van der Waals surface area (Å²) in [6.07, 6.45) is 2.45. The number of rotatable bonds is 5. The molecule has 0 unspecified atom stereocenters. The van der Waals surface area contributed by atoms with E-state index in [1.807, 2.05) is 6.92 Å². The molecule has 0 bridgehead atoms. The molecular formula is C17H20N2O5S. The maximum Gasteiger partial charge on any atom is 0.329 e. The number of carboxylic acid groups (broad SMARTS) is 1. The largest absolute Gasteiger partial charge is 0.480 e. The maximum absolute atomic E-state index is 12.6. The zero-order chi connectivity index (χ0) is 19.0. The summed E-state index contributed by atoms with van der Waals surface area (Å²) in [6.45, 7) is 4.64. The van der Waals surface area contributed by atoms with Crippen molar-refractivity contribution in [2.45, 2.75) is 31.2 Å². The van der Waals surface area contributed by atoms with Gasteiger partial charge in [0.05, 0.1) is 10.5 Å². The van der Waals surface area contributed by atoms with Crippen molar-refractivity contribution >= 4 is 21.9 Å². The van der Waals surface area contributed by atoms with Crippen molar-refractivity contribution in [3.63, 3.8) is 0 Å². The number of aliphatic carboxylic acids is 1. The number of hydrogen-bond acceptors (Lipinski definition) is 4. The van der Waals surface area contributed by atoms with Gasteiger partial charge >= 0.3 is 5.97 Å². The van der Waals surface area contributed by atoms with Gasteiger partial charge in [-0.05, 0) is 39.0 Å². The van der Waals surface area contributed by atoms with Gasteiger partial charge < -0.3 is 10.0 Å². The first-order chi connectivity index (χ1) is 11.5. The second-order valence-electron chi connectivity index (χ2n) is 6.28. The van der Waals surface area contributed by atoms with Gasteiger partial charge in [0.2, 0.25) is 0 Å². The molecular weight excluding hydrogens is 344 g/mol. The highest BCUT2D eigenvalue weighted by atomic mass is 32.2. The second-order valence-corrected chi connectivity index (χ2v) is 8.12. The number of carboxylic acids is 1. The number of aryl methyl sites for hydroxylation is 1.